The minimum Gasteiger partial charge on any atom is -0.264 e. The van der Waals surface area contributed by atoms with Gasteiger partial charge in [0, 0.05) is 35.0 Å². The van der Waals surface area contributed by atoms with Gasteiger partial charge in [-0.1, -0.05) is 33.6 Å². The molecule has 0 N–H and O–H groups in total. The molecule has 0 saturated heterocycles. The van der Waals surface area contributed by atoms with Crippen LogP contribution >= 0.6 is 27.5 Å². The molecule has 5 heteroatoms. The van der Waals surface area contributed by atoms with Crippen LogP contribution in [-0.2, 0) is 6.54 Å². The molecule has 2 heterocycles. The van der Waals surface area contributed by atoms with Gasteiger partial charge in [-0.15, -0.1) is 0 Å². The number of hydrogen-bond acceptors (Lipinski definition) is 3. The van der Waals surface area contributed by atoms with Crippen LogP contribution in [0.1, 0.15) is 5.56 Å². The van der Waals surface area contributed by atoms with E-state index in [1.165, 1.54) is 0 Å². The highest BCUT2D eigenvalue weighted by Crippen LogP contribution is 2.27. The molecule has 2 aliphatic rings. The van der Waals surface area contributed by atoms with E-state index in [2.05, 4.69) is 37.0 Å². The molecule has 1 aromatic rings. The number of hydrazine groups is 1. The molecule has 18 heavy (non-hydrogen) atoms. The lowest BCUT2D eigenvalue weighted by Crippen LogP contribution is -2.33. The van der Waals surface area contributed by atoms with E-state index >= 15 is 0 Å². The lowest BCUT2D eigenvalue weighted by atomic mass is 10.2. The predicted octanol–water partition coefficient (Wildman–Crippen LogP) is 3.57. The zero-order chi connectivity index (χ0) is 12.5. The molecule has 3 rings (SSSR count). The van der Waals surface area contributed by atoms with Crippen molar-refractivity contribution >= 4 is 33.7 Å². The molecule has 92 valence electrons. The van der Waals surface area contributed by atoms with E-state index in [9.17, 15) is 0 Å². The van der Waals surface area contributed by atoms with Gasteiger partial charge in [-0.25, -0.2) is 10.0 Å². The summed E-state index contributed by atoms with van der Waals surface area (Å²) in [4.78, 5) is 4.31. The van der Waals surface area contributed by atoms with Gasteiger partial charge in [0.1, 0.15) is 5.82 Å². The van der Waals surface area contributed by atoms with Crippen LogP contribution in [0.15, 0.2) is 51.8 Å². The van der Waals surface area contributed by atoms with E-state index in [-0.39, 0.29) is 0 Å². The van der Waals surface area contributed by atoms with Gasteiger partial charge in [0.05, 0.1) is 0 Å². The second-order valence-corrected chi connectivity index (χ2v) is 5.43. The van der Waals surface area contributed by atoms with Crippen molar-refractivity contribution in [2.45, 2.75) is 6.54 Å². The minimum absolute atomic E-state index is 0.770. The second kappa shape index (κ2) is 4.88. The third kappa shape index (κ3) is 2.23. The van der Waals surface area contributed by atoms with Crippen molar-refractivity contribution in [3.05, 3.63) is 57.4 Å². The van der Waals surface area contributed by atoms with Crippen molar-refractivity contribution in [1.29, 1.82) is 0 Å². The summed E-state index contributed by atoms with van der Waals surface area (Å²) in [5, 5.41) is 5.03. The Balaban J connectivity index is 1.78. The smallest absolute Gasteiger partial charge is 0.144 e. The zero-order valence-electron chi connectivity index (χ0n) is 9.55. The van der Waals surface area contributed by atoms with E-state index in [0.717, 1.165) is 34.0 Å². The third-order valence-electron chi connectivity index (χ3n) is 2.91. The minimum atomic E-state index is 0.770. The Hall–Kier alpha value is -1.10. The van der Waals surface area contributed by atoms with Crippen LogP contribution < -0.4 is 0 Å². The van der Waals surface area contributed by atoms with Gasteiger partial charge in [-0.05, 0) is 29.8 Å². The van der Waals surface area contributed by atoms with E-state index in [0.29, 0.717) is 0 Å². The Bertz CT molecular complexity index is 565. The highest BCUT2D eigenvalue weighted by atomic mass is 79.9. The van der Waals surface area contributed by atoms with E-state index < -0.39 is 0 Å². The molecule has 0 saturated carbocycles. The van der Waals surface area contributed by atoms with E-state index in [4.69, 9.17) is 11.6 Å². The highest BCUT2D eigenvalue weighted by Gasteiger charge is 2.23. The largest absolute Gasteiger partial charge is 0.264 e. The molecule has 3 nitrogen and oxygen atoms in total. The predicted molar refractivity (Wildman–Crippen MR) is 77.1 cm³/mol. The molecule has 0 unspecified atom stereocenters. The van der Waals surface area contributed by atoms with Gasteiger partial charge < -0.3 is 0 Å². The van der Waals surface area contributed by atoms with Crippen LogP contribution in [0.25, 0.3) is 0 Å². The van der Waals surface area contributed by atoms with Crippen LogP contribution in [0.4, 0.5) is 0 Å². The number of rotatable bonds is 2. The highest BCUT2D eigenvalue weighted by molar-refractivity contribution is 9.10. The van der Waals surface area contributed by atoms with Crippen molar-refractivity contribution in [3.63, 3.8) is 0 Å². The number of fused-ring (bicyclic) bond motifs is 1. The quantitative estimate of drug-likeness (QED) is 0.828. The fourth-order valence-corrected chi connectivity index (χ4v) is 2.76. The summed E-state index contributed by atoms with van der Waals surface area (Å²) in [6.45, 7) is 1.62. The van der Waals surface area contributed by atoms with Crippen LogP contribution in [-0.4, -0.2) is 22.8 Å². The Labute approximate surface area is 119 Å². The number of allylic oxidation sites excluding steroid dienone is 1. The van der Waals surface area contributed by atoms with E-state index in [1.807, 2.05) is 30.5 Å². The van der Waals surface area contributed by atoms with Crippen LogP contribution in [0.2, 0.25) is 5.02 Å². The molecule has 0 bridgehead atoms. The third-order valence-corrected chi connectivity index (χ3v) is 3.76. The van der Waals surface area contributed by atoms with E-state index in [1.54, 1.807) is 6.21 Å². The van der Waals surface area contributed by atoms with Crippen LogP contribution in [0, 0.1) is 0 Å². The molecule has 0 aromatic heterocycles. The SMILES string of the molecule is Clc1cc(Br)ccc1CN1CC=C2N=CC=CN21. The topological polar surface area (TPSA) is 18.8 Å². The maximum Gasteiger partial charge on any atom is 0.144 e. The molecule has 1 aromatic carbocycles. The first-order valence-corrected chi connectivity index (χ1v) is 6.80. The number of halogens is 2. The lowest BCUT2D eigenvalue weighted by molar-refractivity contribution is 0.0801. The lowest BCUT2D eigenvalue weighted by Gasteiger charge is -2.29. The molecule has 2 aliphatic heterocycles. The molecule has 0 aliphatic carbocycles. The number of hydrogen-bond donors (Lipinski definition) is 0. The standard InChI is InChI=1S/C13H11BrClN3/c14-11-3-2-10(12(15)8-11)9-17-7-4-13-16-5-1-6-18(13)17/h1-6,8H,7,9H2. The Morgan fingerprint density at radius 2 is 2.28 bits per heavy atom. The van der Waals surface area contributed by atoms with Gasteiger partial charge in [0.15, 0.2) is 0 Å². The molecule has 0 amide bonds. The Morgan fingerprint density at radius 1 is 1.39 bits per heavy atom. The summed E-state index contributed by atoms with van der Waals surface area (Å²) in [6, 6.07) is 5.97. The fourth-order valence-electron chi connectivity index (χ4n) is 2.02. The summed E-state index contributed by atoms with van der Waals surface area (Å²) in [6.07, 6.45) is 7.85. The zero-order valence-corrected chi connectivity index (χ0v) is 11.9. The summed E-state index contributed by atoms with van der Waals surface area (Å²) >= 11 is 9.66. The summed E-state index contributed by atoms with van der Waals surface area (Å²) < 4.78 is 0.999. The first-order chi connectivity index (χ1) is 8.74. The Morgan fingerprint density at radius 3 is 3.11 bits per heavy atom. The van der Waals surface area contributed by atoms with Gasteiger partial charge in [-0.2, -0.15) is 0 Å². The molecule has 0 fully saturated rings. The average molecular weight is 325 g/mol. The summed E-state index contributed by atoms with van der Waals surface area (Å²) in [7, 11) is 0. The molecule has 0 radical (unpaired) electrons. The second-order valence-electron chi connectivity index (χ2n) is 4.11. The van der Waals surface area contributed by atoms with Crippen molar-refractivity contribution in [2.24, 2.45) is 4.99 Å². The first kappa shape index (κ1) is 12.0. The summed E-state index contributed by atoms with van der Waals surface area (Å²) in [5.74, 6) is 0.978. The monoisotopic (exact) mass is 323 g/mol. The molecular weight excluding hydrogens is 314 g/mol. The van der Waals surface area contributed by atoms with Gasteiger partial charge in [0.25, 0.3) is 0 Å². The van der Waals surface area contributed by atoms with Crippen molar-refractivity contribution in [1.82, 2.24) is 10.0 Å². The molecular formula is C13H11BrClN3. The maximum atomic E-state index is 6.24. The van der Waals surface area contributed by atoms with Crippen molar-refractivity contribution < 1.29 is 0 Å². The van der Waals surface area contributed by atoms with Crippen LogP contribution in [0.5, 0.6) is 0 Å². The average Bonchev–Trinajstić information content (AvgIpc) is 2.76. The number of aliphatic imine (C=N–C) groups is 1. The normalized spacial score (nSPS) is 18.1. The molecule has 0 atom stereocenters. The fraction of sp³-hybridized carbons (Fsp3) is 0.154. The van der Waals surface area contributed by atoms with Crippen molar-refractivity contribution in [2.75, 3.05) is 6.54 Å². The maximum absolute atomic E-state index is 6.24. The number of benzene rings is 1. The van der Waals surface area contributed by atoms with Gasteiger partial charge in [0.2, 0.25) is 0 Å². The number of nitrogens with zero attached hydrogens (tertiary/aromatic N) is 3. The van der Waals surface area contributed by atoms with Crippen molar-refractivity contribution in [3.8, 4) is 0 Å². The Kier molecular flexibility index (Phi) is 3.24. The first-order valence-electron chi connectivity index (χ1n) is 5.63. The van der Waals surface area contributed by atoms with Gasteiger partial charge in [-0.3, -0.25) is 5.01 Å². The molecule has 0 spiro atoms. The summed E-state index contributed by atoms with van der Waals surface area (Å²) in [5.41, 5.74) is 1.11. The van der Waals surface area contributed by atoms with Crippen LogP contribution in [0.3, 0.4) is 0 Å². The van der Waals surface area contributed by atoms with Gasteiger partial charge >= 0.3 is 0 Å².